The van der Waals surface area contributed by atoms with Gasteiger partial charge in [0, 0.05) is 12.6 Å². The summed E-state index contributed by atoms with van der Waals surface area (Å²) >= 11 is 0. The molecule has 2 unspecified atom stereocenters. The molecule has 29 heavy (non-hydrogen) atoms. The van der Waals surface area contributed by atoms with E-state index in [-0.39, 0.29) is 29.2 Å². The van der Waals surface area contributed by atoms with Crippen LogP contribution in [-0.2, 0) is 9.22 Å². The van der Waals surface area contributed by atoms with E-state index in [0.717, 1.165) is 12.8 Å². The predicted molar refractivity (Wildman–Crippen MR) is 115 cm³/mol. The van der Waals surface area contributed by atoms with Crippen LogP contribution in [0.1, 0.15) is 44.0 Å². The van der Waals surface area contributed by atoms with Gasteiger partial charge in [-0.3, -0.25) is 4.79 Å². The topological polar surface area (TPSA) is 77.4 Å². The zero-order chi connectivity index (χ0) is 21.8. The Balaban J connectivity index is 2.48. The molecule has 1 aliphatic heterocycles. The number of rotatable bonds is 7. The molecule has 160 valence electrons. The van der Waals surface area contributed by atoms with Crippen molar-refractivity contribution in [3.8, 4) is 11.5 Å². The van der Waals surface area contributed by atoms with Crippen molar-refractivity contribution in [2.45, 2.75) is 58.9 Å². The van der Waals surface area contributed by atoms with Gasteiger partial charge in [0.1, 0.15) is 0 Å². The summed E-state index contributed by atoms with van der Waals surface area (Å²) in [4.78, 5) is 30.1. The molecule has 0 aliphatic carbocycles. The summed E-state index contributed by atoms with van der Waals surface area (Å²) in [5, 5.41) is 0. The van der Waals surface area contributed by atoms with Crippen LogP contribution >= 0.6 is 0 Å². The molecular formula is C21H32N2O5Si. The van der Waals surface area contributed by atoms with Gasteiger partial charge in [-0.05, 0) is 37.4 Å². The van der Waals surface area contributed by atoms with Crippen molar-refractivity contribution >= 4 is 26.7 Å². The van der Waals surface area contributed by atoms with Gasteiger partial charge in [0.05, 0.1) is 37.6 Å². The number of benzene rings is 1. The summed E-state index contributed by atoms with van der Waals surface area (Å²) in [5.41, 5.74) is 0.415. The number of carbonyl (C=O) groups excluding carboxylic acids is 2. The number of hydrogen-bond donors (Lipinski definition) is 0. The Labute approximate surface area is 174 Å². The summed E-state index contributed by atoms with van der Waals surface area (Å²) in [6, 6.07) is 3.08. The van der Waals surface area contributed by atoms with E-state index in [1.807, 2.05) is 4.90 Å². The van der Waals surface area contributed by atoms with Crippen LogP contribution in [0.25, 0.3) is 0 Å². The molecule has 1 amide bonds. The van der Waals surface area contributed by atoms with E-state index in [9.17, 15) is 9.59 Å². The Morgan fingerprint density at radius 2 is 1.86 bits per heavy atom. The Morgan fingerprint density at radius 1 is 1.24 bits per heavy atom. The van der Waals surface area contributed by atoms with E-state index in [1.54, 1.807) is 6.07 Å². The van der Waals surface area contributed by atoms with Crippen molar-refractivity contribution in [2.24, 2.45) is 10.4 Å². The van der Waals surface area contributed by atoms with E-state index in [4.69, 9.17) is 13.9 Å². The SMILES string of the molecule is COc1cc(N=C=O)c(C(=O)N2CCCC2C(O[SiH](C)C)C(C)(C)C)cc1OC. The molecule has 0 saturated carbocycles. The average molecular weight is 421 g/mol. The van der Waals surface area contributed by atoms with Crippen LogP contribution in [0.15, 0.2) is 17.1 Å². The first-order valence-electron chi connectivity index (χ1n) is 9.94. The third-order valence-electron chi connectivity index (χ3n) is 5.08. The fourth-order valence-corrected chi connectivity index (χ4v) is 5.04. The zero-order valence-electron chi connectivity index (χ0n) is 18.4. The highest BCUT2D eigenvalue weighted by Crippen LogP contribution is 2.38. The van der Waals surface area contributed by atoms with Crippen LogP contribution in [0, 0.1) is 5.41 Å². The normalized spacial score (nSPS) is 17.8. The first kappa shape index (κ1) is 23.1. The smallest absolute Gasteiger partial charge is 0.256 e. The van der Waals surface area contributed by atoms with E-state index >= 15 is 0 Å². The second-order valence-corrected chi connectivity index (χ2v) is 11.0. The van der Waals surface area contributed by atoms with Crippen LogP contribution in [0.5, 0.6) is 11.5 Å². The highest BCUT2D eigenvalue weighted by atomic mass is 28.3. The van der Waals surface area contributed by atoms with Crippen LogP contribution in [0.4, 0.5) is 5.69 Å². The minimum Gasteiger partial charge on any atom is -0.493 e. The maximum absolute atomic E-state index is 13.5. The van der Waals surface area contributed by atoms with E-state index in [0.29, 0.717) is 23.6 Å². The van der Waals surface area contributed by atoms with Crippen LogP contribution in [0.3, 0.4) is 0 Å². The van der Waals surface area contributed by atoms with Crippen molar-refractivity contribution in [3.05, 3.63) is 17.7 Å². The van der Waals surface area contributed by atoms with Crippen LogP contribution in [0.2, 0.25) is 13.1 Å². The highest BCUT2D eigenvalue weighted by molar-refractivity contribution is 6.48. The lowest BCUT2D eigenvalue weighted by Crippen LogP contribution is -2.50. The summed E-state index contributed by atoms with van der Waals surface area (Å²) in [6.07, 6.45) is 3.27. The lowest BCUT2D eigenvalue weighted by atomic mass is 9.83. The largest absolute Gasteiger partial charge is 0.493 e. The predicted octanol–water partition coefficient (Wildman–Crippen LogP) is 3.69. The number of ether oxygens (including phenoxy) is 2. The minimum absolute atomic E-state index is 0.0291. The Morgan fingerprint density at radius 3 is 2.38 bits per heavy atom. The number of likely N-dealkylation sites (tertiary alicyclic amines) is 1. The first-order valence-corrected chi connectivity index (χ1v) is 12.7. The Kier molecular flexibility index (Phi) is 7.63. The van der Waals surface area contributed by atoms with Crippen molar-refractivity contribution < 1.29 is 23.5 Å². The molecule has 1 aliphatic rings. The van der Waals surface area contributed by atoms with Crippen molar-refractivity contribution in [1.29, 1.82) is 0 Å². The van der Waals surface area contributed by atoms with Crippen molar-refractivity contribution in [3.63, 3.8) is 0 Å². The van der Waals surface area contributed by atoms with Gasteiger partial charge in [-0.15, -0.1) is 0 Å². The number of isocyanates is 1. The maximum Gasteiger partial charge on any atom is 0.256 e. The quantitative estimate of drug-likeness (QED) is 0.382. The van der Waals surface area contributed by atoms with Gasteiger partial charge in [-0.1, -0.05) is 20.8 Å². The summed E-state index contributed by atoms with van der Waals surface area (Å²) in [6.45, 7) is 11.4. The molecule has 1 fully saturated rings. The first-order chi connectivity index (χ1) is 13.6. The van der Waals surface area contributed by atoms with Crippen LogP contribution in [-0.4, -0.2) is 58.8 Å². The Bertz CT molecular complexity index is 784. The van der Waals surface area contributed by atoms with E-state index < -0.39 is 9.04 Å². The number of methoxy groups -OCH3 is 2. The monoisotopic (exact) mass is 420 g/mol. The molecule has 1 aromatic rings. The molecule has 1 heterocycles. The molecule has 0 bridgehead atoms. The van der Waals surface area contributed by atoms with Gasteiger partial charge in [-0.25, -0.2) is 4.79 Å². The third kappa shape index (κ3) is 5.26. The summed E-state index contributed by atoms with van der Waals surface area (Å²) in [7, 11) is 1.69. The maximum atomic E-state index is 13.5. The molecule has 1 saturated heterocycles. The van der Waals surface area contributed by atoms with Gasteiger partial charge in [0.25, 0.3) is 5.91 Å². The molecule has 7 nitrogen and oxygen atoms in total. The number of aliphatic imine (C=N–C) groups is 1. The van der Waals surface area contributed by atoms with E-state index in [2.05, 4.69) is 38.9 Å². The van der Waals surface area contributed by atoms with Crippen molar-refractivity contribution in [2.75, 3.05) is 20.8 Å². The molecule has 8 heteroatoms. The summed E-state index contributed by atoms with van der Waals surface area (Å²) in [5.74, 6) is 0.623. The number of amides is 1. The highest BCUT2D eigenvalue weighted by Gasteiger charge is 2.42. The lowest BCUT2D eigenvalue weighted by molar-refractivity contribution is 0.0138. The number of carbonyl (C=O) groups is 1. The van der Waals surface area contributed by atoms with Gasteiger partial charge < -0.3 is 18.8 Å². The second kappa shape index (κ2) is 9.56. The lowest BCUT2D eigenvalue weighted by Gasteiger charge is -2.40. The molecular weight excluding hydrogens is 388 g/mol. The number of nitrogens with zero attached hydrogens (tertiary/aromatic N) is 2. The molecule has 0 N–H and O–H groups in total. The molecule has 1 aromatic carbocycles. The summed E-state index contributed by atoms with van der Waals surface area (Å²) < 4.78 is 17.0. The van der Waals surface area contributed by atoms with Gasteiger partial charge >= 0.3 is 0 Å². The average Bonchev–Trinajstić information content (AvgIpc) is 3.13. The fraction of sp³-hybridized carbons (Fsp3) is 0.619. The molecule has 0 radical (unpaired) electrons. The fourth-order valence-electron chi connectivity index (χ4n) is 3.86. The van der Waals surface area contributed by atoms with Gasteiger partial charge in [-0.2, -0.15) is 4.99 Å². The molecule has 2 rings (SSSR count). The zero-order valence-corrected chi connectivity index (χ0v) is 19.6. The standard InChI is InChI=1S/C21H32N2O5Si/c1-21(2,3)19(28-29(6)7)16-9-8-10-23(16)20(25)14-11-17(26-4)18(27-5)12-15(14)22-13-24/h11-12,16,19,29H,8-10H2,1-7H3. The van der Waals surface area contributed by atoms with Gasteiger partial charge in [0.15, 0.2) is 20.5 Å². The molecule has 0 spiro atoms. The molecule has 2 atom stereocenters. The van der Waals surface area contributed by atoms with Gasteiger partial charge in [0.2, 0.25) is 6.08 Å². The van der Waals surface area contributed by atoms with Crippen LogP contribution < -0.4 is 9.47 Å². The second-order valence-electron chi connectivity index (χ2n) is 8.61. The van der Waals surface area contributed by atoms with Crippen molar-refractivity contribution in [1.82, 2.24) is 4.90 Å². The van der Waals surface area contributed by atoms with E-state index in [1.165, 1.54) is 26.4 Å². The minimum atomic E-state index is -1.31. The number of hydrogen-bond acceptors (Lipinski definition) is 6. The third-order valence-corrected chi connectivity index (χ3v) is 5.92. The Hall–Kier alpha value is -2.15. The molecule has 0 aromatic heterocycles.